The summed E-state index contributed by atoms with van der Waals surface area (Å²) in [6.07, 6.45) is 3.18. The zero-order chi connectivity index (χ0) is 17.6. The first-order chi connectivity index (χ1) is 12.2. The van der Waals surface area contributed by atoms with Gasteiger partial charge in [0.1, 0.15) is 17.0 Å². The van der Waals surface area contributed by atoms with Crippen molar-refractivity contribution in [3.8, 4) is 11.5 Å². The second-order valence-corrected chi connectivity index (χ2v) is 6.15. The van der Waals surface area contributed by atoms with Gasteiger partial charge in [-0.1, -0.05) is 35.6 Å². The molecular formula is C19H18N2O3S. The molecule has 3 rings (SSSR count). The maximum atomic E-state index is 12.2. The van der Waals surface area contributed by atoms with Gasteiger partial charge >= 0.3 is 0 Å². The van der Waals surface area contributed by atoms with Gasteiger partial charge in [-0.05, 0) is 31.2 Å². The number of methoxy groups -OCH3 is 1. The lowest BCUT2D eigenvalue weighted by atomic mass is 10.2. The first-order valence-electron chi connectivity index (χ1n) is 7.85. The van der Waals surface area contributed by atoms with Crippen LogP contribution in [0.5, 0.6) is 11.5 Å². The Morgan fingerprint density at radius 1 is 1.20 bits per heavy atom. The summed E-state index contributed by atoms with van der Waals surface area (Å²) in [5, 5.41) is 3.33. The van der Waals surface area contributed by atoms with E-state index in [0.717, 1.165) is 21.5 Å². The molecule has 128 valence electrons. The average Bonchev–Trinajstić information content (AvgIpc) is 3.04. The van der Waals surface area contributed by atoms with Crippen LogP contribution in [-0.4, -0.2) is 24.6 Å². The van der Waals surface area contributed by atoms with E-state index in [1.807, 2.05) is 49.4 Å². The van der Waals surface area contributed by atoms with E-state index in [-0.39, 0.29) is 5.91 Å². The molecule has 0 aliphatic carbocycles. The SMILES string of the molecule is CCOc1cccc2sc(NC(=O)/C=C/c3ccccc3OC)nc12. The number of benzene rings is 2. The third-order valence-corrected chi connectivity index (χ3v) is 4.40. The Kier molecular flexibility index (Phi) is 5.30. The molecule has 1 amide bonds. The van der Waals surface area contributed by atoms with E-state index >= 15 is 0 Å². The van der Waals surface area contributed by atoms with Gasteiger partial charge in [0, 0.05) is 11.6 Å². The molecule has 0 unspecified atom stereocenters. The van der Waals surface area contributed by atoms with Gasteiger partial charge in [0.05, 0.1) is 18.4 Å². The van der Waals surface area contributed by atoms with Gasteiger partial charge in [-0.3, -0.25) is 10.1 Å². The van der Waals surface area contributed by atoms with Crippen LogP contribution in [0.4, 0.5) is 5.13 Å². The lowest BCUT2D eigenvalue weighted by Gasteiger charge is -2.03. The number of hydrogen-bond donors (Lipinski definition) is 1. The number of nitrogens with one attached hydrogen (secondary N) is 1. The second-order valence-electron chi connectivity index (χ2n) is 5.12. The summed E-state index contributed by atoms with van der Waals surface area (Å²) in [4.78, 5) is 16.6. The number of nitrogens with zero attached hydrogens (tertiary/aromatic N) is 1. The van der Waals surface area contributed by atoms with Gasteiger partial charge in [0.15, 0.2) is 5.13 Å². The Morgan fingerprint density at radius 2 is 2.00 bits per heavy atom. The summed E-state index contributed by atoms with van der Waals surface area (Å²) in [7, 11) is 1.60. The highest BCUT2D eigenvalue weighted by Crippen LogP contribution is 2.32. The quantitative estimate of drug-likeness (QED) is 0.668. The smallest absolute Gasteiger partial charge is 0.250 e. The molecule has 3 aromatic rings. The van der Waals surface area contributed by atoms with Crippen molar-refractivity contribution in [3.05, 3.63) is 54.1 Å². The van der Waals surface area contributed by atoms with Crippen LogP contribution in [0.15, 0.2) is 48.5 Å². The number of carbonyl (C=O) groups is 1. The largest absolute Gasteiger partial charge is 0.496 e. The van der Waals surface area contributed by atoms with Gasteiger partial charge in [0.2, 0.25) is 5.91 Å². The molecule has 1 aromatic heterocycles. The minimum Gasteiger partial charge on any atom is -0.496 e. The minimum atomic E-state index is -0.247. The van der Waals surface area contributed by atoms with Crippen LogP contribution >= 0.6 is 11.3 Å². The summed E-state index contributed by atoms with van der Waals surface area (Å²) in [5.74, 6) is 1.19. The van der Waals surface area contributed by atoms with Crippen molar-refractivity contribution in [1.29, 1.82) is 0 Å². The van der Waals surface area contributed by atoms with E-state index in [1.165, 1.54) is 17.4 Å². The monoisotopic (exact) mass is 354 g/mol. The number of hydrogen-bond acceptors (Lipinski definition) is 5. The van der Waals surface area contributed by atoms with Crippen molar-refractivity contribution >= 4 is 38.7 Å². The number of ether oxygens (including phenoxy) is 2. The number of amides is 1. The van der Waals surface area contributed by atoms with Gasteiger partial charge in [-0.25, -0.2) is 4.98 Å². The van der Waals surface area contributed by atoms with Crippen LogP contribution in [0.2, 0.25) is 0 Å². The highest BCUT2D eigenvalue weighted by Gasteiger charge is 2.10. The van der Waals surface area contributed by atoms with Crippen molar-refractivity contribution in [3.63, 3.8) is 0 Å². The van der Waals surface area contributed by atoms with Gasteiger partial charge < -0.3 is 9.47 Å². The molecule has 0 atom stereocenters. The van der Waals surface area contributed by atoms with E-state index in [1.54, 1.807) is 13.2 Å². The fourth-order valence-corrected chi connectivity index (χ4v) is 3.25. The van der Waals surface area contributed by atoms with Crippen molar-refractivity contribution in [2.75, 3.05) is 19.0 Å². The summed E-state index contributed by atoms with van der Waals surface area (Å²) in [6.45, 7) is 2.50. The number of anilines is 1. The van der Waals surface area contributed by atoms with Crippen molar-refractivity contribution < 1.29 is 14.3 Å². The number of aromatic nitrogens is 1. The van der Waals surface area contributed by atoms with Gasteiger partial charge in [-0.2, -0.15) is 0 Å². The fourth-order valence-electron chi connectivity index (χ4n) is 2.37. The predicted octanol–water partition coefficient (Wildman–Crippen LogP) is 4.36. The Hall–Kier alpha value is -2.86. The third kappa shape index (κ3) is 3.97. The van der Waals surface area contributed by atoms with E-state index in [0.29, 0.717) is 17.5 Å². The third-order valence-electron chi connectivity index (χ3n) is 3.47. The van der Waals surface area contributed by atoms with Crippen LogP contribution in [-0.2, 0) is 4.79 Å². The highest BCUT2D eigenvalue weighted by atomic mass is 32.1. The molecule has 25 heavy (non-hydrogen) atoms. The van der Waals surface area contributed by atoms with Crippen LogP contribution in [0, 0.1) is 0 Å². The standard InChI is InChI=1S/C19H18N2O3S/c1-3-24-15-9-6-10-16-18(15)21-19(25-16)20-17(22)12-11-13-7-4-5-8-14(13)23-2/h4-12H,3H2,1-2H3,(H,20,21,22)/b12-11+. The molecule has 2 aromatic carbocycles. The summed E-state index contributed by atoms with van der Waals surface area (Å²) in [6, 6.07) is 13.2. The van der Waals surface area contributed by atoms with Crippen molar-refractivity contribution in [2.24, 2.45) is 0 Å². The molecular weight excluding hydrogens is 336 g/mol. The molecule has 5 nitrogen and oxygen atoms in total. The first kappa shape index (κ1) is 17.0. The Balaban J connectivity index is 1.76. The van der Waals surface area contributed by atoms with Crippen LogP contribution in [0.3, 0.4) is 0 Å². The van der Waals surface area contributed by atoms with E-state index in [4.69, 9.17) is 9.47 Å². The maximum absolute atomic E-state index is 12.2. The Bertz CT molecular complexity index is 918. The summed E-state index contributed by atoms with van der Waals surface area (Å²) < 4.78 is 11.8. The number of rotatable bonds is 6. The second kappa shape index (κ2) is 7.81. The molecule has 6 heteroatoms. The lowest BCUT2D eigenvalue weighted by Crippen LogP contribution is -2.07. The van der Waals surface area contributed by atoms with Crippen LogP contribution in [0.1, 0.15) is 12.5 Å². The molecule has 1 heterocycles. The van der Waals surface area contributed by atoms with E-state index in [9.17, 15) is 4.79 Å². The normalized spacial score (nSPS) is 11.0. The Morgan fingerprint density at radius 3 is 2.80 bits per heavy atom. The van der Waals surface area contributed by atoms with E-state index in [2.05, 4.69) is 10.3 Å². The van der Waals surface area contributed by atoms with Crippen LogP contribution < -0.4 is 14.8 Å². The molecule has 0 spiro atoms. The lowest BCUT2D eigenvalue weighted by molar-refractivity contribution is -0.111. The molecule has 0 aliphatic heterocycles. The van der Waals surface area contributed by atoms with Crippen molar-refractivity contribution in [1.82, 2.24) is 4.98 Å². The molecule has 0 fully saturated rings. The summed E-state index contributed by atoms with van der Waals surface area (Å²) >= 11 is 1.41. The van der Waals surface area contributed by atoms with E-state index < -0.39 is 0 Å². The predicted molar refractivity (Wildman–Crippen MR) is 101 cm³/mol. The van der Waals surface area contributed by atoms with Crippen LogP contribution in [0.25, 0.3) is 16.3 Å². The summed E-state index contributed by atoms with van der Waals surface area (Å²) in [5.41, 5.74) is 1.60. The highest BCUT2D eigenvalue weighted by molar-refractivity contribution is 7.22. The zero-order valence-corrected chi connectivity index (χ0v) is 14.8. The molecule has 0 bridgehead atoms. The number of fused-ring (bicyclic) bond motifs is 1. The van der Waals surface area contributed by atoms with Gasteiger partial charge in [0.25, 0.3) is 0 Å². The first-order valence-corrected chi connectivity index (χ1v) is 8.67. The molecule has 0 saturated heterocycles. The molecule has 0 saturated carbocycles. The molecule has 1 N–H and O–H groups in total. The Labute approximate surface area is 149 Å². The minimum absolute atomic E-state index is 0.247. The average molecular weight is 354 g/mol. The molecule has 0 aliphatic rings. The fraction of sp³-hybridized carbons (Fsp3) is 0.158. The number of thiazole rings is 1. The van der Waals surface area contributed by atoms with Gasteiger partial charge in [-0.15, -0.1) is 0 Å². The number of para-hydroxylation sites is 2. The zero-order valence-electron chi connectivity index (χ0n) is 14.0. The maximum Gasteiger partial charge on any atom is 0.250 e. The van der Waals surface area contributed by atoms with Crippen molar-refractivity contribution in [2.45, 2.75) is 6.92 Å². The topological polar surface area (TPSA) is 60.5 Å². The molecule has 0 radical (unpaired) electrons. The number of carbonyl (C=O) groups excluding carboxylic acids is 1.